The number of ketones is 1. The summed E-state index contributed by atoms with van der Waals surface area (Å²) in [6.45, 7) is -0.146. The number of rotatable bonds is 6. The number of pyridine rings is 1. The number of carbonyl (C=O) groups is 1. The van der Waals surface area contributed by atoms with E-state index in [0.29, 0.717) is 0 Å². The molecule has 0 spiro atoms. The average Bonchev–Trinajstić information content (AvgIpc) is 2.26. The van der Waals surface area contributed by atoms with Crippen LogP contribution in [0, 0.1) is 5.82 Å². The SMILES string of the molecule is CN(CCC(=O)c1ccc(F)cn1)CC(F)F. The normalized spacial score (nSPS) is 11.2. The van der Waals surface area contributed by atoms with Gasteiger partial charge in [-0.1, -0.05) is 0 Å². The Labute approximate surface area is 97.3 Å². The number of hydrogen-bond donors (Lipinski definition) is 0. The van der Waals surface area contributed by atoms with Crippen molar-refractivity contribution >= 4 is 5.78 Å². The van der Waals surface area contributed by atoms with E-state index in [-0.39, 0.29) is 31.0 Å². The molecule has 0 aromatic carbocycles. The molecule has 6 heteroatoms. The molecule has 0 N–H and O–H groups in total. The van der Waals surface area contributed by atoms with Crippen molar-refractivity contribution in [3.8, 4) is 0 Å². The van der Waals surface area contributed by atoms with Crippen LogP contribution in [0.1, 0.15) is 16.9 Å². The van der Waals surface area contributed by atoms with E-state index < -0.39 is 12.2 Å². The number of aromatic nitrogens is 1. The van der Waals surface area contributed by atoms with E-state index in [0.717, 1.165) is 12.3 Å². The highest BCUT2D eigenvalue weighted by Crippen LogP contribution is 2.03. The molecule has 0 atom stereocenters. The van der Waals surface area contributed by atoms with Gasteiger partial charge in [0.05, 0.1) is 12.7 Å². The minimum absolute atomic E-state index is 0.0852. The first-order chi connectivity index (χ1) is 7.99. The second kappa shape index (κ2) is 6.34. The molecule has 1 heterocycles. The number of hydrogen-bond acceptors (Lipinski definition) is 3. The van der Waals surface area contributed by atoms with Crippen molar-refractivity contribution in [2.75, 3.05) is 20.1 Å². The van der Waals surface area contributed by atoms with Gasteiger partial charge in [-0.15, -0.1) is 0 Å². The molecule has 0 aliphatic rings. The third kappa shape index (κ3) is 4.95. The predicted molar refractivity (Wildman–Crippen MR) is 56.6 cm³/mol. The van der Waals surface area contributed by atoms with Gasteiger partial charge in [-0.3, -0.25) is 9.78 Å². The van der Waals surface area contributed by atoms with E-state index in [4.69, 9.17) is 0 Å². The van der Waals surface area contributed by atoms with Gasteiger partial charge in [0.1, 0.15) is 11.5 Å². The van der Waals surface area contributed by atoms with Gasteiger partial charge >= 0.3 is 0 Å². The van der Waals surface area contributed by atoms with Gasteiger partial charge in [0, 0.05) is 13.0 Å². The maximum Gasteiger partial charge on any atom is 0.251 e. The third-order valence-corrected chi connectivity index (χ3v) is 2.18. The molecule has 3 nitrogen and oxygen atoms in total. The van der Waals surface area contributed by atoms with E-state index in [1.165, 1.54) is 18.0 Å². The summed E-state index contributed by atoms with van der Waals surface area (Å²) in [6, 6.07) is 2.42. The second-order valence-corrected chi connectivity index (χ2v) is 3.69. The molecule has 0 fully saturated rings. The Kier molecular flexibility index (Phi) is 5.09. The highest BCUT2D eigenvalue weighted by molar-refractivity contribution is 5.94. The van der Waals surface area contributed by atoms with E-state index in [1.54, 1.807) is 0 Å². The molecule has 1 rings (SSSR count). The molecular formula is C11H13F3N2O. The Balaban J connectivity index is 2.42. The van der Waals surface area contributed by atoms with Gasteiger partial charge < -0.3 is 4.90 Å². The molecule has 0 bridgehead atoms. The van der Waals surface area contributed by atoms with Gasteiger partial charge in [0.15, 0.2) is 5.78 Å². The van der Waals surface area contributed by atoms with Gasteiger partial charge in [-0.2, -0.15) is 0 Å². The fourth-order valence-corrected chi connectivity index (χ4v) is 1.29. The molecule has 0 saturated heterocycles. The molecule has 1 aromatic heterocycles. The fraction of sp³-hybridized carbons (Fsp3) is 0.455. The van der Waals surface area contributed by atoms with Crippen molar-refractivity contribution in [2.24, 2.45) is 0 Å². The minimum atomic E-state index is -2.42. The molecule has 17 heavy (non-hydrogen) atoms. The van der Waals surface area contributed by atoms with Crippen LogP contribution in [-0.4, -0.2) is 42.2 Å². The van der Waals surface area contributed by atoms with Crippen molar-refractivity contribution in [2.45, 2.75) is 12.8 Å². The van der Waals surface area contributed by atoms with Gasteiger partial charge in [-0.25, -0.2) is 13.2 Å². The Morgan fingerprint density at radius 2 is 2.18 bits per heavy atom. The number of Topliss-reactive ketones (excluding diaryl/α,β-unsaturated/α-hetero) is 1. The summed E-state index contributed by atoms with van der Waals surface area (Å²) in [4.78, 5) is 16.5. The fourth-order valence-electron chi connectivity index (χ4n) is 1.29. The molecular weight excluding hydrogens is 233 g/mol. The minimum Gasteiger partial charge on any atom is -0.300 e. The molecule has 0 aliphatic carbocycles. The lowest BCUT2D eigenvalue weighted by atomic mass is 10.2. The first-order valence-electron chi connectivity index (χ1n) is 5.10. The summed E-state index contributed by atoms with van der Waals surface area (Å²) >= 11 is 0. The smallest absolute Gasteiger partial charge is 0.251 e. The molecule has 94 valence electrons. The lowest BCUT2D eigenvalue weighted by molar-refractivity contribution is 0.0878. The largest absolute Gasteiger partial charge is 0.300 e. The van der Waals surface area contributed by atoms with E-state index in [1.807, 2.05) is 0 Å². The van der Waals surface area contributed by atoms with E-state index in [9.17, 15) is 18.0 Å². The lowest BCUT2D eigenvalue weighted by Crippen LogP contribution is -2.27. The summed E-state index contributed by atoms with van der Waals surface area (Å²) < 4.78 is 36.5. The van der Waals surface area contributed by atoms with Crippen molar-refractivity contribution < 1.29 is 18.0 Å². The van der Waals surface area contributed by atoms with Gasteiger partial charge in [-0.05, 0) is 19.2 Å². The van der Waals surface area contributed by atoms with Crippen LogP contribution in [0.2, 0.25) is 0 Å². The molecule has 0 radical (unpaired) electrons. The van der Waals surface area contributed by atoms with Crippen molar-refractivity contribution in [1.29, 1.82) is 0 Å². The first-order valence-corrected chi connectivity index (χ1v) is 5.10. The third-order valence-electron chi connectivity index (χ3n) is 2.18. The number of alkyl halides is 2. The van der Waals surface area contributed by atoms with E-state index in [2.05, 4.69) is 4.98 Å². The average molecular weight is 246 g/mol. The maximum atomic E-state index is 12.5. The Morgan fingerprint density at radius 1 is 1.47 bits per heavy atom. The molecule has 0 amide bonds. The first kappa shape index (κ1) is 13.6. The van der Waals surface area contributed by atoms with Crippen molar-refractivity contribution in [1.82, 2.24) is 9.88 Å². The summed E-state index contributed by atoms with van der Waals surface area (Å²) in [5.41, 5.74) is 0.150. The van der Waals surface area contributed by atoms with Crippen LogP contribution in [-0.2, 0) is 0 Å². The highest BCUT2D eigenvalue weighted by atomic mass is 19.3. The molecule has 0 unspecified atom stereocenters. The monoisotopic (exact) mass is 246 g/mol. The Morgan fingerprint density at radius 3 is 2.71 bits per heavy atom. The second-order valence-electron chi connectivity index (χ2n) is 3.69. The standard InChI is InChI=1S/C11H13F3N2O/c1-16(7-11(13)14)5-4-10(17)9-3-2-8(12)6-15-9/h2-3,6,11H,4-5,7H2,1H3. The number of nitrogens with zero attached hydrogens (tertiary/aromatic N) is 2. The van der Waals surface area contributed by atoms with Gasteiger partial charge in [0.25, 0.3) is 6.43 Å². The molecule has 0 aliphatic heterocycles. The van der Waals surface area contributed by atoms with Crippen LogP contribution in [0.3, 0.4) is 0 Å². The maximum absolute atomic E-state index is 12.5. The van der Waals surface area contributed by atoms with Crippen LogP contribution in [0.5, 0.6) is 0 Å². The lowest BCUT2D eigenvalue weighted by Gasteiger charge is -2.14. The van der Waals surface area contributed by atoms with Crippen molar-refractivity contribution in [3.63, 3.8) is 0 Å². The Bertz CT molecular complexity index is 367. The predicted octanol–water partition coefficient (Wildman–Crippen LogP) is 1.99. The van der Waals surface area contributed by atoms with Crippen LogP contribution in [0.25, 0.3) is 0 Å². The van der Waals surface area contributed by atoms with Crippen LogP contribution in [0.15, 0.2) is 18.3 Å². The molecule has 0 saturated carbocycles. The quantitative estimate of drug-likeness (QED) is 0.720. The zero-order chi connectivity index (χ0) is 12.8. The number of carbonyl (C=O) groups excluding carboxylic acids is 1. The van der Waals surface area contributed by atoms with Crippen LogP contribution < -0.4 is 0 Å². The summed E-state index contributed by atoms with van der Waals surface area (Å²) in [6.07, 6.45) is -1.38. The highest BCUT2D eigenvalue weighted by Gasteiger charge is 2.11. The van der Waals surface area contributed by atoms with Gasteiger partial charge in [0.2, 0.25) is 0 Å². The van der Waals surface area contributed by atoms with Crippen LogP contribution >= 0.6 is 0 Å². The zero-order valence-corrected chi connectivity index (χ0v) is 9.37. The van der Waals surface area contributed by atoms with Crippen molar-refractivity contribution in [3.05, 3.63) is 29.8 Å². The summed E-state index contributed by atoms with van der Waals surface area (Å²) in [7, 11) is 1.51. The van der Waals surface area contributed by atoms with E-state index >= 15 is 0 Å². The topological polar surface area (TPSA) is 33.2 Å². The number of halogens is 3. The van der Waals surface area contributed by atoms with Crippen LogP contribution in [0.4, 0.5) is 13.2 Å². The summed E-state index contributed by atoms with van der Waals surface area (Å²) in [5, 5.41) is 0. The summed E-state index contributed by atoms with van der Waals surface area (Å²) in [5.74, 6) is -0.803. The Hall–Kier alpha value is -1.43. The molecule has 1 aromatic rings. The zero-order valence-electron chi connectivity index (χ0n) is 9.37.